The minimum atomic E-state index is -3.20. The Kier molecular flexibility index (Phi) is 5.00. The van der Waals surface area contributed by atoms with Crippen LogP contribution in [0.1, 0.15) is 33.8 Å². The second-order valence-electron chi connectivity index (χ2n) is 6.52. The Hall–Kier alpha value is -1.49. The molecule has 1 aromatic carbocycles. The quantitative estimate of drug-likeness (QED) is 0.723. The second kappa shape index (κ2) is 7.16. The zero-order valence-electron chi connectivity index (χ0n) is 14.6. The molecular weight excluding hydrogens is 454 g/mol. The molecule has 2 aliphatic rings. The van der Waals surface area contributed by atoms with Gasteiger partial charge in [0.2, 0.25) is 10.0 Å². The van der Waals surface area contributed by atoms with Crippen molar-refractivity contribution in [2.45, 2.75) is 31.1 Å². The molecule has 144 valence electrons. The molecular formula is C17H18BrN3O4S2. The lowest BCUT2D eigenvalue weighted by molar-refractivity contribution is 0.102. The highest BCUT2D eigenvalue weighted by Crippen LogP contribution is 2.36. The largest absolute Gasteiger partial charge is 0.497 e. The summed E-state index contributed by atoms with van der Waals surface area (Å²) in [5.74, 6) is 0.289. The maximum absolute atomic E-state index is 12.6. The standard InChI is InChI=1S/C17H18BrN3O4S2/c1-25-10-2-5-13(18)12(8-10)16(22)20-17-19-14-6-7-21(9-15(14)26-17)27(23,24)11-3-4-11/h2,5,8,11H,3-4,6-7,9H2,1H3,(H,19,20,22). The first-order valence-corrected chi connectivity index (χ1v) is 11.6. The van der Waals surface area contributed by atoms with Crippen LogP contribution in [0, 0.1) is 0 Å². The normalized spacial score (nSPS) is 17.4. The molecule has 2 aromatic rings. The van der Waals surface area contributed by atoms with E-state index in [1.807, 2.05) is 0 Å². The molecule has 1 amide bonds. The highest BCUT2D eigenvalue weighted by molar-refractivity contribution is 9.10. The van der Waals surface area contributed by atoms with Crippen LogP contribution in [0.25, 0.3) is 0 Å². The summed E-state index contributed by atoms with van der Waals surface area (Å²) < 4.78 is 32.3. The number of amides is 1. The minimum absolute atomic E-state index is 0.212. The Labute approximate surface area is 169 Å². The number of methoxy groups -OCH3 is 1. The number of benzene rings is 1. The first-order chi connectivity index (χ1) is 12.9. The van der Waals surface area contributed by atoms with Gasteiger partial charge in [-0.05, 0) is 47.0 Å². The topological polar surface area (TPSA) is 88.6 Å². The Morgan fingerprint density at radius 1 is 1.41 bits per heavy atom. The third kappa shape index (κ3) is 3.75. The summed E-state index contributed by atoms with van der Waals surface area (Å²) in [6, 6.07) is 5.16. The predicted octanol–water partition coefficient (Wildman–Crippen LogP) is 3.02. The van der Waals surface area contributed by atoms with Crippen LogP contribution in [0.5, 0.6) is 5.75 Å². The van der Waals surface area contributed by atoms with Gasteiger partial charge in [-0.2, -0.15) is 4.31 Å². The average molecular weight is 472 g/mol. The van der Waals surface area contributed by atoms with Crippen LogP contribution in [0.4, 0.5) is 5.13 Å². The first-order valence-electron chi connectivity index (χ1n) is 8.51. The molecule has 0 saturated heterocycles. The Morgan fingerprint density at radius 2 is 2.19 bits per heavy atom. The van der Waals surface area contributed by atoms with Crippen molar-refractivity contribution in [1.82, 2.24) is 9.29 Å². The number of hydrogen-bond acceptors (Lipinski definition) is 6. The number of aromatic nitrogens is 1. The monoisotopic (exact) mass is 471 g/mol. The van der Waals surface area contributed by atoms with Crippen molar-refractivity contribution < 1.29 is 17.9 Å². The van der Waals surface area contributed by atoms with Crippen LogP contribution in [0.15, 0.2) is 22.7 Å². The van der Waals surface area contributed by atoms with Gasteiger partial charge < -0.3 is 4.74 Å². The Balaban J connectivity index is 1.51. The lowest BCUT2D eigenvalue weighted by Gasteiger charge is -2.25. The minimum Gasteiger partial charge on any atom is -0.497 e. The van der Waals surface area contributed by atoms with Crippen LogP contribution in [-0.2, 0) is 23.0 Å². The lowest BCUT2D eigenvalue weighted by Crippen LogP contribution is -2.37. The first kappa shape index (κ1) is 18.9. The average Bonchev–Trinajstić information content (AvgIpc) is 3.43. The molecule has 10 heteroatoms. The smallest absolute Gasteiger partial charge is 0.258 e. The number of sulfonamides is 1. The summed E-state index contributed by atoms with van der Waals surface area (Å²) >= 11 is 4.70. The molecule has 1 N–H and O–H groups in total. The second-order valence-corrected chi connectivity index (χ2v) is 10.7. The number of carbonyl (C=O) groups excluding carboxylic acids is 1. The summed E-state index contributed by atoms with van der Waals surface area (Å²) in [6.45, 7) is 0.787. The number of thiazole rings is 1. The fourth-order valence-corrected chi connectivity index (χ4v) is 6.32. The zero-order chi connectivity index (χ0) is 19.2. The number of anilines is 1. The van der Waals surface area contributed by atoms with Gasteiger partial charge in [0, 0.05) is 28.9 Å². The van der Waals surface area contributed by atoms with Crippen molar-refractivity contribution in [2.75, 3.05) is 19.0 Å². The molecule has 0 spiro atoms. The Bertz CT molecular complexity index is 1000. The van der Waals surface area contributed by atoms with E-state index in [0.29, 0.717) is 40.4 Å². The van der Waals surface area contributed by atoms with Crippen molar-refractivity contribution >= 4 is 48.3 Å². The number of hydrogen-bond donors (Lipinski definition) is 1. The number of carbonyl (C=O) groups is 1. The molecule has 7 nitrogen and oxygen atoms in total. The molecule has 1 aromatic heterocycles. The number of fused-ring (bicyclic) bond motifs is 1. The molecule has 0 bridgehead atoms. The van der Waals surface area contributed by atoms with Crippen molar-refractivity contribution in [3.05, 3.63) is 38.8 Å². The van der Waals surface area contributed by atoms with E-state index in [-0.39, 0.29) is 11.2 Å². The number of nitrogens with one attached hydrogen (secondary N) is 1. The van der Waals surface area contributed by atoms with E-state index in [2.05, 4.69) is 26.2 Å². The summed E-state index contributed by atoms with van der Waals surface area (Å²) in [4.78, 5) is 18.0. The number of ether oxygens (including phenoxy) is 1. The molecule has 1 saturated carbocycles. The maximum Gasteiger partial charge on any atom is 0.258 e. The lowest BCUT2D eigenvalue weighted by atomic mass is 10.2. The molecule has 4 rings (SSSR count). The van der Waals surface area contributed by atoms with Gasteiger partial charge >= 0.3 is 0 Å². The van der Waals surface area contributed by atoms with E-state index in [9.17, 15) is 13.2 Å². The van der Waals surface area contributed by atoms with Crippen molar-refractivity contribution in [1.29, 1.82) is 0 Å². The maximum atomic E-state index is 12.6. The van der Waals surface area contributed by atoms with E-state index < -0.39 is 10.0 Å². The van der Waals surface area contributed by atoms with Crippen LogP contribution < -0.4 is 10.1 Å². The van der Waals surface area contributed by atoms with E-state index >= 15 is 0 Å². The van der Waals surface area contributed by atoms with E-state index in [0.717, 1.165) is 23.4 Å². The third-order valence-corrected chi connectivity index (χ3v) is 8.67. The molecule has 1 fully saturated rings. The zero-order valence-corrected chi connectivity index (χ0v) is 17.8. The molecule has 1 aliphatic carbocycles. The van der Waals surface area contributed by atoms with Crippen LogP contribution >= 0.6 is 27.3 Å². The highest BCUT2D eigenvalue weighted by Gasteiger charge is 2.41. The Morgan fingerprint density at radius 3 is 2.89 bits per heavy atom. The number of halogens is 1. The summed E-state index contributed by atoms with van der Waals surface area (Å²) in [5.41, 5.74) is 1.31. The molecule has 27 heavy (non-hydrogen) atoms. The van der Waals surface area contributed by atoms with Gasteiger partial charge in [0.25, 0.3) is 5.91 Å². The molecule has 0 atom stereocenters. The van der Waals surface area contributed by atoms with E-state index in [1.54, 1.807) is 29.6 Å². The number of nitrogens with zero attached hydrogens (tertiary/aromatic N) is 2. The van der Waals surface area contributed by atoms with Gasteiger partial charge in [-0.25, -0.2) is 13.4 Å². The van der Waals surface area contributed by atoms with E-state index in [4.69, 9.17) is 4.74 Å². The van der Waals surface area contributed by atoms with Crippen LogP contribution in [0.2, 0.25) is 0 Å². The molecule has 0 radical (unpaired) electrons. The van der Waals surface area contributed by atoms with Crippen molar-refractivity contribution in [3.63, 3.8) is 0 Å². The predicted molar refractivity (Wildman–Crippen MR) is 107 cm³/mol. The van der Waals surface area contributed by atoms with Gasteiger partial charge in [0.1, 0.15) is 5.75 Å². The van der Waals surface area contributed by atoms with Gasteiger partial charge in [-0.3, -0.25) is 10.1 Å². The van der Waals surface area contributed by atoms with Gasteiger partial charge in [0.05, 0.1) is 23.6 Å². The van der Waals surface area contributed by atoms with Crippen molar-refractivity contribution in [3.8, 4) is 5.75 Å². The third-order valence-electron chi connectivity index (χ3n) is 4.64. The van der Waals surface area contributed by atoms with Gasteiger partial charge in [-0.15, -0.1) is 11.3 Å². The van der Waals surface area contributed by atoms with Crippen molar-refractivity contribution in [2.24, 2.45) is 0 Å². The van der Waals surface area contributed by atoms with Crippen LogP contribution in [0.3, 0.4) is 0 Å². The highest BCUT2D eigenvalue weighted by atomic mass is 79.9. The summed E-state index contributed by atoms with van der Waals surface area (Å²) in [7, 11) is -1.65. The summed E-state index contributed by atoms with van der Waals surface area (Å²) in [6.07, 6.45) is 2.08. The molecule has 0 unspecified atom stereocenters. The SMILES string of the molecule is COc1ccc(Br)c(C(=O)Nc2nc3c(s2)CN(S(=O)(=O)C2CC2)CC3)c1. The molecule has 2 heterocycles. The van der Waals surface area contributed by atoms with Crippen LogP contribution in [-0.4, -0.2) is 42.5 Å². The van der Waals surface area contributed by atoms with Gasteiger partial charge in [-0.1, -0.05) is 0 Å². The summed E-state index contributed by atoms with van der Waals surface area (Å²) in [5, 5.41) is 3.08. The fraction of sp³-hybridized carbons (Fsp3) is 0.412. The fourth-order valence-electron chi connectivity index (χ4n) is 2.99. The molecule has 1 aliphatic heterocycles. The van der Waals surface area contributed by atoms with E-state index in [1.165, 1.54) is 11.3 Å². The number of rotatable bonds is 5. The van der Waals surface area contributed by atoms with Gasteiger partial charge in [0.15, 0.2) is 5.13 Å².